The van der Waals surface area contributed by atoms with E-state index in [-0.39, 0.29) is 47.1 Å². The maximum absolute atomic E-state index is 13.6. The highest BCUT2D eigenvalue weighted by Crippen LogP contribution is 2.33. The van der Waals surface area contributed by atoms with Gasteiger partial charge in [-0.1, -0.05) is 12.8 Å². The quantitative estimate of drug-likeness (QED) is 0.106. The van der Waals surface area contributed by atoms with Crippen LogP contribution in [-0.4, -0.2) is 154 Å². The fraction of sp³-hybridized carbons (Fsp3) is 0.577. The van der Waals surface area contributed by atoms with Crippen molar-refractivity contribution < 1.29 is 19.2 Å². The third kappa shape index (κ3) is 9.82. The van der Waals surface area contributed by atoms with Crippen LogP contribution in [0.15, 0.2) is 47.5 Å². The Morgan fingerprint density at radius 3 is 2.10 bits per heavy atom. The van der Waals surface area contributed by atoms with Crippen LogP contribution in [0, 0.1) is 12.8 Å². The first-order valence-corrected chi connectivity index (χ1v) is 25.4. The minimum atomic E-state index is -0.585. The Bertz CT molecular complexity index is 2590. The molecule has 5 fully saturated rings. The largest absolute Gasteiger partial charge is 0.369 e. The summed E-state index contributed by atoms with van der Waals surface area (Å²) in [5.41, 5.74) is 6.11. The summed E-state index contributed by atoms with van der Waals surface area (Å²) in [5, 5.41) is 3.16. The van der Waals surface area contributed by atoms with E-state index in [1.807, 2.05) is 25.3 Å². The monoisotopic (exact) mass is 926 g/mol. The SMILES string of the molecule is CC(=O)c1c(C)c2cnc(Cc3ccc(N4CCN(CCCCN5CCC(CN6CCN(c7ccc8c(c7)CN(C7CCC(=O)NC7=O)C8=O)CC6)CC5)CC4)cn3)nc2n(C2CCCC2)c1=O. The third-order valence-corrected chi connectivity index (χ3v) is 15.9. The number of anilines is 2. The van der Waals surface area contributed by atoms with Crippen molar-refractivity contribution >= 4 is 45.9 Å². The molecule has 3 amide bonds. The highest BCUT2D eigenvalue weighted by Gasteiger charge is 2.39. The second-order valence-corrected chi connectivity index (χ2v) is 20.2. The number of rotatable bonds is 14. The fourth-order valence-electron chi connectivity index (χ4n) is 11.8. The number of fused-ring (bicyclic) bond motifs is 2. The van der Waals surface area contributed by atoms with Crippen LogP contribution in [0.4, 0.5) is 11.4 Å². The van der Waals surface area contributed by atoms with Crippen molar-refractivity contribution in [2.75, 3.05) is 94.9 Å². The van der Waals surface area contributed by atoms with E-state index in [2.05, 4.69) is 53.0 Å². The number of nitrogens with zero attached hydrogens (tertiary/aromatic N) is 10. The van der Waals surface area contributed by atoms with Gasteiger partial charge in [-0.25, -0.2) is 9.97 Å². The Hall–Kier alpha value is -5.58. The van der Waals surface area contributed by atoms with Gasteiger partial charge < -0.3 is 19.6 Å². The average molecular weight is 926 g/mol. The number of likely N-dealkylation sites (tertiary alicyclic amines) is 1. The van der Waals surface area contributed by atoms with Gasteiger partial charge in [0.25, 0.3) is 11.5 Å². The molecule has 1 aromatic carbocycles. The molecule has 1 aliphatic carbocycles. The van der Waals surface area contributed by atoms with Gasteiger partial charge in [-0.2, -0.15) is 0 Å². The number of nitrogens with one attached hydrogen (secondary N) is 1. The van der Waals surface area contributed by atoms with E-state index in [4.69, 9.17) is 9.97 Å². The summed E-state index contributed by atoms with van der Waals surface area (Å²) in [4.78, 5) is 92.2. The molecule has 4 saturated heterocycles. The van der Waals surface area contributed by atoms with E-state index in [0.29, 0.717) is 42.0 Å². The summed E-state index contributed by atoms with van der Waals surface area (Å²) in [7, 11) is 0. The second-order valence-electron chi connectivity index (χ2n) is 20.2. The number of aromatic nitrogens is 4. The predicted octanol–water partition coefficient (Wildman–Crippen LogP) is 4.60. The zero-order chi connectivity index (χ0) is 46.9. The van der Waals surface area contributed by atoms with Crippen molar-refractivity contribution in [3.05, 3.63) is 86.9 Å². The number of ketones is 1. The lowest BCUT2D eigenvalue weighted by atomic mass is 9.95. The van der Waals surface area contributed by atoms with Gasteiger partial charge in [0.2, 0.25) is 11.8 Å². The molecule has 1 saturated carbocycles. The molecule has 6 aliphatic rings. The molecular formula is C52H67N11O5. The van der Waals surface area contributed by atoms with E-state index in [0.717, 1.165) is 119 Å². The number of Topliss-reactive ketones (excluding diaryl/α,β-unsaturated/α-hetero) is 1. The molecule has 8 heterocycles. The number of piperidine rings is 2. The summed E-state index contributed by atoms with van der Waals surface area (Å²) in [6.45, 7) is 17.7. The van der Waals surface area contributed by atoms with Crippen molar-refractivity contribution in [2.45, 2.75) is 103 Å². The van der Waals surface area contributed by atoms with Crippen molar-refractivity contribution in [3.63, 3.8) is 0 Å². The lowest BCUT2D eigenvalue weighted by Crippen LogP contribution is -2.52. The van der Waals surface area contributed by atoms with Crippen LogP contribution in [0.3, 0.4) is 0 Å². The highest BCUT2D eigenvalue weighted by molar-refractivity contribution is 6.05. The normalized spacial score (nSPS) is 21.6. The third-order valence-electron chi connectivity index (χ3n) is 15.9. The smallest absolute Gasteiger partial charge is 0.263 e. The molecule has 1 atom stereocenters. The Balaban J connectivity index is 0.614. The van der Waals surface area contributed by atoms with E-state index in [1.54, 1.807) is 15.7 Å². The number of aryl methyl sites for hydroxylation is 1. The van der Waals surface area contributed by atoms with Crippen LogP contribution in [0.2, 0.25) is 0 Å². The number of pyridine rings is 2. The van der Waals surface area contributed by atoms with Gasteiger partial charge in [-0.05, 0) is 132 Å². The van der Waals surface area contributed by atoms with Gasteiger partial charge in [-0.3, -0.25) is 48.6 Å². The highest BCUT2D eigenvalue weighted by atomic mass is 16.2. The molecule has 0 spiro atoms. The molecule has 0 radical (unpaired) electrons. The molecule has 360 valence electrons. The van der Waals surface area contributed by atoms with E-state index in [9.17, 15) is 24.0 Å². The van der Waals surface area contributed by atoms with Gasteiger partial charge in [0.15, 0.2) is 5.78 Å². The van der Waals surface area contributed by atoms with Crippen molar-refractivity contribution in [2.24, 2.45) is 5.92 Å². The number of piperazine rings is 2. The summed E-state index contributed by atoms with van der Waals surface area (Å²) in [5.74, 6) is 0.405. The maximum Gasteiger partial charge on any atom is 0.263 e. The second kappa shape index (κ2) is 20.2. The van der Waals surface area contributed by atoms with E-state index in [1.165, 1.54) is 58.8 Å². The molecule has 4 aromatic rings. The number of carbonyl (C=O) groups excluding carboxylic acids is 4. The van der Waals surface area contributed by atoms with Gasteiger partial charge in [0.1, 0.15) is 17.5 Å². The van der Waals surface area contributed by atoms with Gasteiger partial charge in [0, 0.05) is 106 Å². The van der Waals surface area contributed by atoms with Crippen LogP contribution in [0.25, 0.3) is 11.0 Å². The number of carbonyl (C=O) groups is 4. The van der Waals surface area contributed by atoms with E-state index >= 15 is 0 Å². The molecule has 1 N–H and O–H groups in total. The zero-order valence-corrected chi connectivity index (χ0v) is 40.0. The summed E-state index contributed by atoms with van der Waals surface area (Å²) >= 11 is 0. The Kier molecular flexibility index (Phi) is 13.7. The molecule has 3 aromatic heterocycles. The number of hydrogen-bond acceptors (Lipinski definition) is 13. The molecule has 10 rings (SSSR count). The number of unbranched alkanes of at least 4 members (excludes halogenated alkanes) is 1. The Morgan fingerprint density at radius 1 is 0.750 bits per heavy atom. The first-order valence-electron chi connectivity index (χ1n) is 25.4. The first-order chi connectivity index (χ1) is 33.1. The Labute approximate surface area is 399 Å². The molecule has 0 bridgehead atoms. The molecule has 16 nitrogen and oxygen atoms in total. The topological polar surface area (TPSA) is 160 Å². The number of imide groups is 1. The van der Waals surface area contributed by atoms with Crippen molar-refractivity contribution in [1.29, 1.82) is 0 Å². The minimum absolute atomic E-state index is 0.0542. The molecular weight excluding hydrogens is 859 g/mol. The van der Waals surface area contributed by atoms with Crippen LogP contribution in [0.1, 0.15) is 121 Å². The van der Waals surface area contributed by atoms with E-state index < -0.39 is 6.04 Å². The summed E-state index contributed by atoms with van der Waals surface area (Å²) < 4.78 is 1.78. The molecule has 68 heavy (non-hydrogen) atoms. The summed E-state index contributed by atoms with van der Waals surface area (Å²) in [6.07, 6.45) is 13.8. The standard InChI is InChI=1S/C52H67N11O5/c1-35-44-32-54-46(55-49(44)63(40-7-3-4-8-40)52(68)48(35)36(2)64)30-39-9-10-42(31-53-39)61-25-21-58(22-26-61)18-6-5-17-57-19-15-37(16-20-57)33-59-23-27-60(28-24-59)41-11-12-43-38(29-41)34-62(51(43)67)45-13-14-47(65)56-50(45)66/h9-12,29,31-32,37,40,45H,3-8,13-28,30,33-34H2,1-2H3,(H,56,65,66). The number of benzene rings is 1. The molecule has 1 unspecified atom stereocenters. The van der Waals surface area contributed by atoms with Crippen molar-refractivity contribution in [1.82, 2.24) is 44.4 Å². The number of hydrogen-bond donors (Lipinski definition) is 1. The summed E-state index contributed by atoms with van der Waals surface area (Å²) in [6, 6.07) is 9.79. The van der Waals surface area contributed by atoms with Gasteiger partial charge in [0.05, 0.1) is 23.9 Å². The van der Waals surface area contributed by atoms with Crippen LogP contribution < -0.4 is 20.7 Å². The zero-order valence-electron chi connectivity index (χ0n) is 40.0. The maximum atomic E-state index is 13.6. The van der Waals surface area contributed by atoms with Gasteiger partial charge in [-0.15, -0.1) is 0 Å². The Morgan fingerprint density at radius 2 is 1.43 bits per heavy atom. The van der Waals surface area contributed by atoms with Gasteiger partial charge >= 0.3 is 0 Å². The lowest BCUT2D eigenvalue weighted by molar-refractivity contribution is -0.136. The lowest BCUT2D eigenvalue weighted by Gasteiger charge is -2.39. The number of amides is 3. The van der Waals surface area contributed by atoms with Crippen molar-refractivity contribution in [3.8, 4) is 0 Å². The predicted molar refractivity (Wildman–Crippen MR) is 261 cm³/mol. The molecule has 16 heteroatoms. The first kappa shape index (κ1) is 46.2. The minimum Gasteiger partial charge on any atom is -0.369 e. The van der Waals surface area contributed by atoms with Crippen LogP contribution >= 0.6 is 0 Å². The average Bonchev–Trinajstić information content (AvgIpc) is 3.99. The van der Waals surface area contributed by atoms with Crippen LogP contribution in [0.5, 0.6) is 0 Å². The molecule has 5 aliphatic heterocycles. The fourth-order valence-corrected chi connectivity index (χ4v) is 11.8. The van der Waals surface area contributed by atoms with Crippen LogP contribution in [-0.2, 0) is 22.6 Å².